The molecule has 3 rings (SSSR count). The third-order valence-corrected chi connectivity index (χ3v) is 4.29. The molecule has 0 fully saturated rings. The number of nitrogens with one attached hydrogen (secondary N) is 1. The molecule has 0 amide bonds. The van der Waals surface area contributed by atoms with E-state index in [9.17, 15) is 0 Å². The third-order valence-electron chi connectivity index (χ3n) is 3.76. The van der Waals surface area contributed by atoms with E-state index in [1.54, 1.807) is 0 Å². The number of nitrogens with zero attached hydrogens (tertiary/aromatic N) is 3. The van der Waals surface area contributed by atoms with Gasteiger partial charge in [0.2, 0.25) is 0 Å². The zero-order valence-corrected chi connectivity index (χ0v) is 16.0. The van der Waals surface area contributed by atoms with Gasteiger partial charge in [0.25, 0.3) is 0 Å². The average molecular weight is 395 g/mol. The van der Waals surface area contributed by atoms with Crippen molar-refractivity contribution in [2.75, 3.05) is 5.43 Å². The summed E-state index contributed by atoms with van der Waals surface area (Å²) in [6.07, 6.45) is 0. The number of hydrogen-bond donors (Lipinski definition) is 1. The molecule has 0 aliphatic heterocycles. The van der Waals surface area contributed by atoms with Crippen LogP contribution in [0.15, 0.2) is 64.2 Å². The topological polar surface area (TPSA) is 50.2 Å². The summed E-state index contributed by atoms with van der Waals surface area (Å²) >= 11 is 3.44. The number of anilines is 1. The first-order valence-corrected chi connectivity index (χ1v) is 8.79. The van der Waals surface area contributed by atoms with Gasteiger partial charge < -0.3 is 0 Å². The van der Waals surface area contributed by atoms with E-state index in [1.165, 1.54) is 5.56 Å². The van der Waals surface area contributed by atoms with Crippen molar-refractivity contribution in [3.05, 3.63) is 75.9 Å². The molecule has 5 heteroatoms. The van der Waals surface area contributed by atoms with Gasteiger partial charge in [-0.3, -0.25) is 5.43 Å². The van der Waals surface area contributed by atoms with Gasteiger partial charge in [0.15, 0.2) is 11.6 Å². The first-order valence-electron chi connectivity index (χ1n) is 8.00. The third kappa shape index (κ3) is 4.51. The molecule has 0 atom stereocenters. The van der Waals surface area contributed by atoms with Crippen LogP contribution in [-0.4, -0.2) is 15.7 Å². The highest BCUT2D eigenvalue weighted by Crippen LogP contribution is 2.20. The SMILES string of the molecule is CC(=NNc1cc(C)nc(-c2ccc(Br)cc2)n1)c1ccc(C)cc1. The summed E-state index contributed by atoms with van der Waals surface area (Å²) in [4.78, 5) is 9.08. The lowest BCUT2D eigenvalue weighted by atomic mass is 10.1. The van der Waals surface area contributed by atoms with Crippen LogP contribution in [0.2, 0.25) is 0 Å². The van der Waals surface area contributed by atoms with E-state index < -0.39 is 0 Å². The zero-order chi connectivity index (χ0) is 17.8. The Morgan fingerprint density at radius 3 is 2.32 bits per heavy atom. The number of hydrogen-bond acceptors (Lipinski definition) is 4. The van der Waals surface area contributed by atoms with Crippen molar-refractivity contribution in [2.24, 2.45) is 5.10 Å². The van der Waals surface area contributed by atoms with E-state index >= 15 is 0 Å². The van der Waals surface area contributed by atoms with E-state index in [0.29, 0.717) is 11.6 Å². The molecule has 1 heterocycles. The quantitative estimate of drug-likeness (QED) is 0.478. The molecule has 2 aromatic carbocycles. The predicted molar refractivity (Wildman–Crippen MR) is 107 cm³/mol. The van der Waals surface area contributed by atoms with Gasteiger partial charge in [0, 0.05) is 21.8 Å². The molecule has 1 N–H and O–H groups in total. The van der Waals surface area contributed by atoms with Gasteiger partial charge in [0.05, 0.1) is 5.71 Å². The molecule has 0 aliphatic carbocycles. The summed E-state index contributed by atoms with van der Waals surface area (Å²) in [6, 6.07) is 18.1. The number of aryl methyl sites for hydroxylation is 2. The first-order chi connectivity index (χ1) is 12.0. The maximum absolute atomic E-state index is 4.57. The average Bonchev–Trinajstić information content (AvgIpc) is 2.60. The second kappa shape index (κ2) is 7.57. The fourth-order valence-electron chi connectivity index (χ4n) is 2.35. The van der Waals surface area contributed by atoms with Crippen LogP contribution >= 0.6 is 15.9 Å². The van der Waals surface area contributed by atoms with Crippen molar-refractivity contribution in [3.63, 3.8) is 0 Å². The van der Waals surface area contributed by atoms with Crippen LogP contribution in [0.4, 0.5) is 5.82 Å². The number of halogens is 1. The molecule has 25 heavy (non-hydrogen) atoms. The Hall–Kier alpha value is -2.53. The van der Waals surface area contributed by atoms with E-state index in [2.05, 4.69) is 67.6 Å². The summed E-state index contributed by atoms with van der Waals surface area (Å²) < 4.78 is 1.03. The van der Waals surface area contributed by atoms with Gasteiger partial charge in [-0.05, 0) is 38.5 Å². The van der Waals surface area contributed by atoms with Gasteiger partial charge in [-0.25, -0.2) is 9.97 Å². The molecular formula is C20H19BrN4. The van der Waals surface area contributed by atoms with Crippen LogP contribution in [-0.2, 0) is 0 Å². The summed E-state index contributed by atoms with van der Waals surface area (Å²) in [6.45, 7) is 5.99. The lowest BCUT2D eigenvalue weighted by Crippen LogP contribution is -2.03. The fourth-order valence-corrected chi connectivity index (χ4v) is 2.62. The maximum Gasteiger partial charge on any atom is 0.161 e. The minimum Gasteiger partial charge on any atom is -0.261 e. The molecule has 3 aromatic rings. The normalized spacial score (nSPS) is 11.4. The molecule has 0 unspecified atom stereocenters. The highest BCUT2D eigenvalue weighted by Gasteiger charge is 2.05. The zero-order valence-electron chi connectivity index (χ0n) is 14.4. The smallest absolute Gasteiger partial charge is 0.161 e. The Kier molecular flexibility index (Phi) is 5.24. The van der Waals surface area contributed by atoms with Crippen molar-refractivity contribution >= 4 is 27.5 Å². The van der Waals surface area contributed by atoms with Crippen molar-refractivity contribution in [1.29, 1.82) is 0 Å². The van der Waals surface area contributed by atoms with Crippen LogP contribution in [0, 0.1) is 13.8 Å². The van der Waals surface area contributed by atoms with Gasteiger partial charge in [-0.1, -0.05) is 57.9 Å². The van der Waals surface area contributed by atoms with Crippen molar-refractivity contribution in [3.8, 4) is 11.4 Å². The summed E-state index contributed by atoms with van der Waals surface area (Å²) in [5.74, 6) is 1.36. The summed E-state index contributed by atoms with van der Waals surface area (Å²) in [7, 11) is 0. The summed E-state index contributed by atoms with van der Waals surface area (Å²) in [5.41, 5.74) is 8.12. The Morgan fingerprint density at radius 2 is 1.64 bits per heavy atom. The predicted octanol–water partition coefficient (Wildman–Crippen LogP) is 5.36. The molecule has 0 radical (unpaired) electrons. The molecule has 0 aliphatic rings. The second-order valence-electron chi connectivity index (χ2n) is 5.90. The molecule has 0 bridgehead atoms. The monoisotopic (exact) mass is 394 g/mol. The minimum atomic E-state index is 0.678. The lowest BCUT2D eigenvalue weighted by molar-refractivity contribution is 1.09. The standard InChI is InChI=1S/C20H19BrN4/c1-13-4-6-16(7-5-13)15(3)24-25-19-12-14(2)22-20(23-19)17-8-10-18(21)11-9-17/h4-12H,1-3H3,(H,22,23,25). The van der Waals surface area contributed by atoms with E-state index in [4.69, 9.17) is 0 Å². The molecule has 0 spiro atoms. The number of benzene rings is 2. The Balaban J connectivity index is 1.84. The van der Waals surface area contributed by atoms with Crippen molar-refractivity contribution in [2.45, 2.75) is 20.8 Å². The fraction of sp³-hybridized carbons (Fsp3) is 0.150. The minimum absolute atomic E-state index is 0.678. The molecule has 1 aromatic heterocycles. The Labute approximate surface area is 156 Å². The highest BCUT2D eigenvalue weighted by atomic mass is 79.9. The largest absolute Gasteiger partial charge is 0.261 e. The molecule has 0 saturated heterocycles. The van der Waals surface area contributed by atoms with E-state index in [1.807, 2.05) is 44.2 Å². The van der Waals surface area contributed by atoms with Crippen molar-refractivity contribution < 1.29 is 0 Å². The van der Waals surface area contributed by atoms with Crippen LogP contribution in [0.25, 0.3) is 11.4 Å². The molecule has 4 nitrogen and oxygen atoms in total. The lowest BCUT2D eigenvalue weighted by Gasteiger charge is -2.07. The van der Waals surface area contributed by atoms with E-state index in [0.717, 1.165) is 27.0 Å². The van der Waals surface area contributed by atoms with Gasteiger partial charge in [0.1, 0.15) is 0 Å². The van der Waals surface area contributed by atoms with Crippen molar-refractivity contribution in [1.82, 2.24) is 9.97 Å². The van der Waals surface area contributed by atoms with Crippen LogP contribution in [0.3, 0.4) is 0 Å². The van der Waals surface area contributed by atoms with Crippen LogP contribution < -0.4 is 5.43 Å². The number of rotatable bonds is 4. The Bertz CT molecular complexity index is 900. The van der Waals surface area contributed by atoms with Gasteiger partial charge in [-0.2, -0.15) is 5.10 Å². The first kappa shape index (κ1) is 17.3. The second-order valence-corrected chi connectivity index (χ2v) is 6.82. The van der Waals surface area contributed by atoms with E-state index in [-0.39, 0.29) is 0 Å². The molecule has 0 saturated carbocycles. The molecule has 126 valence electrons. The number of aromatic nitrogens is 2. The van der Waals surface area contributed by atoms with Crippen LogP contribution in [0.5, 0.6) is 0 Å². The maximum atomic E-state index is 4.57. The highest BCUT2D eigenvalue weighted by molar-refractivity contribution is 9.10. The summed E-state index contributed by atoms with van der Waals surface area (Å²) in [5, 5.41) is 4.45. The number of hydrazone groups is 1. The molecular weight excluding hydrogens is 376 g/mol. The Morgan fingerprint density at radius 1 is 0.960 bits per heavy atom. The van der Waals surface area contributed by atoms with Gasteiger partial charge in [-0.15, -0.1) is 0 Å². The van der Waals surface area contributed by atoms with Gasteiger partial charge >= 0.3 is 0 Å². The van der Waals surface area contributed by atoms with Crippen LogP contribution in [0.1, 0.15) is 23.7 Å².